The average molecular weight is 305 g/mol. The first-order valence-electron chi connectivity index (χ1n) is 6.88. The van der Waals surface area contributed by atoms with Gasteiger partial charge in [0, 0.05) is 11.4 Å². The van der Waals surface area contributed by atoms with Crippen LogP contribution in [0.15, 0.2) is 36.4 Å². The monoisotopic (exact) mass is 305 g/mol. The van der Waals surface area contributed by atoms with Crippen molar-refractivity contribution in [3.05, 3.63) is 51.7 Å². The molecule has 1 aromatic carbocycles. The molecule has 2 rings (SSSR count). The highest BCUT2D eigenvalue weighted by molar-refractivity contribution is 7.14. The first-order chi connectivity index (χ1) is 10.2. The van der Waals surface area contributed by atoms with Gasteiger partial charge in [-0.05, 0) is 43.7 Å². The van der Waals surface area contributed by atoms with Gasteiger partial charge in [0.1, 0.15) is 10.6 Å². The molecule has 0 aliphatic rings. The fraction of sp³-hybridized carbons (Fsp3) is 0.312. The van der Waals surface area contributed by atoms with E-state index in [-0.39, 0.29) is 0 Å². The van der Waals surface area contributed by atoms with Crippen molar-refractivity contribution in [1.29, 1.82) is 0 Å². The molecule has 1 heterocycles. The SMILES string of the molecule is Cc1sc(C(=O)O)cc1CNCCCOc1ccccc1. The third-order valence-electron chi connectivity index (χ3n) is 3.06. The van der Waals surface area contributed by atoms with E-state index in [0.717, 1.165) is 29.2 Å². The summed E-state index contributed by atoms with van der Waals surface area (Å²) in [6, 6.07) is 11.5. The van der Waals surface area contributed by atoms with Gasteiger partial charge in [0.2, 0.25) is 0 Å². The zero-order valence-corrected chi connectivity index (χ0v) is 12.8. The second kappa shape index (κ2) is 7.81. The molecule has 0 unspecified atom stereocenters. The third kappa shape index (κ3) is 4.88. The molecule has 2 N–H and O–H groups in total. The van der Waals surface area contributed by atoms with Crippen LogP contribution >= 0.6 is 11.3 Å². The Morgan fingerprint density at radius 3 is 2.76 bits per heavy atom. The van der Waals surface area contributed by atoms with E-state index >= 15 is 0 Å². The number of hydrogen-bond donors (Lipinski definition) is 2. The maximum absolute atomic E-state index is 10.9. The van der Waals surface area contributed by atoms with Crippen molar-refractivity contribution in [2.45, 2.75) is 19.9 Å². The highest BCUT2D eigenvalue weighted by Crippen LogP contribution is 2.21. The normalized spacial score (nSPS) is 10.5. The molecule has 1 aromatic heterocycles. The van der Waals surface area contributed by atoms with Crippen LogP contribution in [0.4, 0.5) is 0 Å². The van der Waals surface area contributed by atoms with Crippen LogP contribution in [-0.2, 0) is 6.54 Å². The summed E-state index contributed by atoms with van der Waals surface area (Å²) < 4.78 is 5.60. The second-order valence-electron chi connectivity index (χ2n) is 4.69. The first kappa shape index (κ1) is 15.5. The number of thiophene rings is 1. The van der Waals surface area contributed by atoms with Gasteiger partial charge in [-0.15, -0.1) is 11.3 Å². The molecule has 0 radical (unpaired) electrons. The lowest BCUT2D eigenvalue weighted by atomic mass is 10.2. The number of hydrogen-bond acceptors (Lipinski definition) is 4. The van der Waals surface area contributed by atoms with Gasteiger partial charge in [0.25, 0.3) is 0 Å². The number of nitrogens with one attached hydrogen (secondary N) is 1. The number of ether oxygens (including phenoxy) is 1. The molecule has 0 fully saturated rings. The van der Waals surface area contributed by atoms with Crippen LogP contribution in [0.1, 0.15) is 26.5 Å². The molecule has 5 heteroatoms. The highest BCUT2D eigenvalue weighted by atomic mass is 32.1. The highest BCUT2D eigenvalue weighted by Gasteiger charge is 2.10. The number of carboxylic acids is 1. The summed E-state index contributed by atoms with van der Waals surface area (Å²) in [6.07, 6.45) is 0.907. The number of para-hydroxylation sites is 1. The van der Waals surface area contributed by atoms with Gasteiger partial charge in [-0.3, -0.25) is 0 Å². The van der Waals surface area contributed by atoms with Gasteiger partial charge in [0.05, 0.1) is 6.61 Å². The van der Waals surface area contributed by atoms with Crippen LogP contribution in [0.25, 0.3) is 0 Å². The summed E-state index contributed by atoms with van der Waals surface area (Å²) in [6.45, 7) is 4.15. The van der Waals surface area contributed by atoms with Crippen LogP contribution in [0.3, 0.4) is 0 Å². The molecule has 0 saturated carbocycles. The minimum Gasteiger partial charge on any atom is -0.494 e. The quantitative estimate of drug-likeness (QED) is 0.735. The van der Waals surface area contributed by atoms with Crippen LogP contribution in [0.2, 0.25) is 0 Å². The molecule has 0 spiro atoms. The van der Waals surface area contributed by atoms with Crippen molar-refractivity contribution in [2.75, 3.05) is 13.2 Å². The van der Waals surface area contributed by atoms with Crippen molar-refractivity contribution in [1.82, 2.24) is 5.32 Å². The predicted molar refractivity (Wildman–Crippen MR) is 84.3 cm³/mol. The summed E-state index contributed by atoms with van der Waals surface area (Å²) in [5.74, 6) is 0.0305. The van der Waals surface area contributed by atoms with E-state index in [1.165, 1.54) is 11.3 Å². The van der Waals surface area contributed by atoms with Gasteiger partial charge in [-0.2, -0.15) is 0 Å². The van der Waals surface area contributed by atoms with E-state index in [2.05, 4.69) is 5.32 Å². The topological polar surface area (TPSA) is 58.6 Å². The first-order valence-corrected chi connectivity index (χ1v) is 7.69. The Morgan fingerprint density at radius 2 is 2.10 bits per heavy atom. The number of aryl methyl sites for hydroxylation is 1. The van der Waals surface area contributed by atoms with E-state index < -0.39 is 5.97 Å². The van der Waals surface area contributed by atoms with Gasteiger partial charge in [0.15, 0.2) is 0 Å². The maximum atomic E-state index is 10.9. The van der Waals surface area contributed by atoms with Crippen molar-refractivity contribution in [3.63, 3.8) is 0 Å². The molecule has 0 saturated heterocycles. The molecule has 0 aliphatic carbocycles. The Hall–Kier alpha value is -1.85. The smallest absolute Gasteiger partial charge is 0.345 e. The fourth-order valence-corrected chi connectivity index (χ4v) is 2.81. The van der Waals surface area contributed by atoms with E-state index in [1.54, 1.807) is 6.07 Å². The largest absolute Gasteiger partial charge is 0.494 e. The van der Waals surface area contributed by atoms with E-state index in [0.29, 0.717) is 18.0 Å². The minimum absolute atomic E-state index is 0.400. The zero-order chi connectivity index (χ0) is 15.1. The maximum Gasteiger partial charge on any atom is 0.345 e. The Bertz CT molecular complexity index is 580. The Labute approximate surface area is 128 Å². The van der Waals surface area contributed by atoms with Gasteiger partial charge >= 0.3 is 5.97 Å². The number of aromatic carboxylic acids is 1. The Kier molecular flexibility index (Phi) is 5.78. The number of carboxylic acid groups (broad SMARTS) is 1. The Morgan fingerprint density at radius 1 is 1.33 bits per heavy atom. The Balaban J connectivity index is 1.65. The van der Waals surface area contributed by atoms with Gasteiger partial charge < -0.3 is 15.2 Å². The van der Waals surface area contributed by atoms with Crippen molar-refractivity contribution < 1.29 is 14.6 Å². The summed E-state index contributed by atoms with van der Waals surface area (Å²) in [5, 5.41) is 12.3. The summed E-state index contributed by atoms with van der Waals surface area (Å²) >= 11 is 1.32. The van der Waals surface area contributed by atoms with E-state index in [9.17, 15) is 4.79 Å². The summed E-state index contributed by atoms with van der Waals surface area (Å²) in [5.41, 5.74) is 1.06. The lowest BCUT2D eigenvalue weighted by Crippen LogP contribution is -2.17. The fourth-order valence-electron chi connectivity index (χ4n) is 1.93. The van der Waals surface area contributed by atoms with Crippen LogP contribution < -0.4 is 10.1 Å². The molecule has 21 heavy (non-hydrogen) atoms. The second-order valence-corrected chi connectivity index (χ2v) is 5.95. The molecular weight excluding hydrogens is 286 g/mol. The van der Waals surface area contributed by atoms with Crippen molar-refractivity contribution >= 4 is 17.3 Å². The van der Waals surface area contributed by atoms with Crippen molar-refractivity contribution in [2.24, 2.45) is 0 Å². The van der Waals surface area contributed by atoms with Crippen LogP contribution in [0.5, 0.6) is 5.75 Å². The van der Waals surface area contributed by atoms with Crippen molar-refractivity contribution in [3.8, 4) is 5.75 Å². The molecule has 0 bridgehead atoms. The third-order valence-corrected chi connectivity index (χ3v) is 4.14. The molecule has 0 atom stereocenters. The summed E-state index contributed by atoms with van der Waals surface area (Å²) in [7, 11) is 0. The number of rotatable bonds is 8. The van der Waals surface area contributed by atoms with E-state index in [4.69, 9.17) is 9.84 Å². The standard InChI is InChI=1S/C16H19NO3S/c1-12-13(10-15(21-12)16(18)19)11-17-8-5-9-20-14-6-3-2-4-7-14/h2-4,6-7,10,17H,5,8-9,11H2,1H3,(H,18,19). The van der Waals surface area contributed by atoms with Gasteiger partial charge in [-0.1, -0.05) is 18.2 Å². The molecule has 2 aromatic rings. The number of benzene rings is 1. The lowest BCUT2D eigenvalue weighted by molar-refractivity contribution is 0.0702. The molecule has 112 valence electrons. The summed E-state index contributed by atoms with van der Waals surface area (Å²) in [4.78, 5) is 12.3. The minimum atomic E-state index is -0.856. The zero-order valence-electron chi connectivity index (χ0n) is 12.0. The molecule has 4 nitrogen and oxygen atoms in total. The molecule has 0 aliphatic heterocycles. The van der Waals surface area contributed by atoms with Crippen LogP contribution in [0, 0.1) is 6.92 Å². The molecule has 0 amide bonds. The lowest BCUT2D eigenvalue weighted by Gasteiger charge is -2.07. The number of carbonyl (C=O) groups is 1. The molecular formula is C16H19NO3S. The van der Waals surface area contributed by atoms with E-state index in [1.807, 2.05) is 37.3 Å². The van der Waals surface area contributed by atoms with Gasteiger partial charge in [-0.25, -0.2) is 4.79 Å². The van der Waals surface area contributed by atoms with Crippen LogP contribution in [-0.4, -0.2) is 24.2 Å². The average Bonchev–Trinajstić information content (AvgIpc) is 2.85. The predicted octanol–water partition coefficient (Wildman–Crippen LogP) is 3.31.